The summed E-state index contributed by atoms with van der Waals surface area (Å²) in [5, 5.41) is 0.992. The zero-order valence-electron chi connectivity index (χ0n) is 10.8. The summed E-state index contributed by atoms with van der Waals surface area (Å²) in [5.41, 5.74) is 0. The van der Waals surface area contributed by atoms with E-state index in [1.165, 1.54) is 24.4 Å². The predicted molar refractivity (Wildman–Crippen MR) is 70.9 cm³/mol. The summed E-state index contributed by atoms with van der Waals surface area (Å²) in [4.78, 5) is 20.4. The molecule has 2 aliphatic rings. The number of nitrogens with zero attached hydrogens (tertiary/aromatic N) is 4. The van der Waals surface area contributed by atoms with E-state index < -0.39 is 0 Å². The monoisotopic (exact) mass is 266 g/mol. The molecule has 1 saturated carbocycles. The molecule has 0 N–H and O–H groups in total. The third-order valence-corrected chi connectivity index (χ3v) is 4.41. The van der Waals surface area contributed by atoms with Crippen LogP contribution in [0.15, 0.2) is 0 Å². The molecule has 0 bridgehead atoms. The molecule has 3 rings (SSSR count). The SMILES string of the molecule is CN(C)C(=O)C1CCN(c2nc(C3CC3)ns2)C1. The molecule has 6 heteroatoms. The Hall–Kier alpha value is -1.17. The molecule has 18 heavy (non-hydrogen) atoms. The van der Waals surface area contributed by atoms with Crippen molar-refractivity contribution in [2.24, 2.45) is 5.92 Å². The molecule has 0 spiro atoms. The summed E-state index contributed by atoms with van der Waals surface area (Å²) in [7, 11) is 3.64. The lowest BCUT2D eigenvalue weighted by Crippen LogP contribution is -2.31. The summed E-state index contributed by atoms with van der Waals surface area (Å²) >= 11 is 1.48. The average Bonchev–Trinajstić information content (AvgIpc) is 2.92. The van der Waals surface area contributed by atoms with Crippen LogP contribution in [0.5, 0.6) is 0 Å². The zero-order chi connectivity index (χ0) is 12.7. The van der Waals surface area contributed by atoms with Crippen LogP contribution in [0.25, 0.3) is 0 Å². The maximum atomic E-state index is 11.9. The maximum absolute atomic E-state index is 11.9. The molecule has 1 unspecified atom stereocenters. The molecule has 1 saturated heterocycles. The number of anilines is 1. The van der Waals surface area contributed by atoms with Gasteiger partial charge in [-0.25, -0.2) is 4.98 Å². The number of amides is 1. The number of carbonyl (C=O) groups excluding carboxylic acids is 1. The van der Waals surface area contributed by atoms with Gasteiger partial charge in [0.05, 0.1) is 5.92 Å². The van der Waals surface area contributed by atoms with E-state index in [0.717, 1.165) is 30.5 Å². The van der Waals surface area contributed by atoms with E-state index >= 15 is 0 Å². The van der Waals surface area contributed by atoms with E-state index in [2.05, 4.69) is 14.3 Å². The van der Waals surface area contributed by atoms with Crippen molar-refractivity contribution in [1.82, 2.24) is 14.3 Å². The van der Waals surface area contributed by atoms with Gasteiger partial charge in [0, 0.05) is 44.6 Å². The van der Waals surface area contributed by atoms with Crippen molar-refractivity contribution in [3.63, 3.8) is 0 Å². The minimum Gasteiger partial charge on any atom is -0.349 e. The van der Waals surface area contributed by atoms with Crippen LogP contribution in [0, 0.1) is 5.92 Å². The molecule has 1 aromatic rings. The van der Waals surface area contributed by atoms with Crippen molar-refractivity contribution in [3.8, 4) is 0 Å². The first-order chi connectivity index (χ1) is 8.65. The molecule has 1 aliphatic carbocycles. The first-order valence-electron chi connectivity index (χ1n) is 6.45. The fourth-order valence-corrected chi connectivity index (χ4v) is 3.14. The van der Waals surface area contributed by atoms with Crippen molar-refractivity contribution < 1.29 is 4.79 Å². The van der Waals surface area contributed by atoms with Gasteiger partial charge in [-0.05, 0) is 19.3 Å². The van der Waals surface area contributed by atoms with Crippen LogP contribution in [0.3, 0.4) is 0 Å². The first kappa shape index (κ1) is 11.9. The lowest BCUT2D eigenvalue weighted by atomic mass is 10.1. The Bertz CT molecular complexity index is 455. The highest BCUT2D eigenvalue weighted by Gasteiger charge is 2.33. The van der Waals surface area contributed by atoms with Gasteiger partial charge in [-0.1, -0.05) is 0 Å². The van der Waals surface area contributed by atoms with E-state index in [9.17, 15) is 4.79 Å². The predicted octanol–water partition coefficient (Wildman–Crippen LogP) is 1.33. The molecule has 2 heterocycles. The zero-order valence-corrected chi connectivity index (χ0v) is 11.6. The van der Waals surface area contributed by atoms with Crippen LogP contribution < -0.4 is 4.90 Å². The highest BCUT2D eigenvalue weighted by atomic mass is 32.1. The van der Waals surface area contributed by atoms with Crippen LogP contribution in [-0.4, -0.2) is 47.3 Å². The van der Waals surface area contributed by atoms with Gasteiger partial charge in [0.15, 0.2) is 0 Å². The van der Waals surface area contributed by atoms with Gasteiger partial charge in [0.1, 0.15) is 5.82 Å². The van der Waals surface area contributed by atoms with E-state index in [1.54, 1.807) is 4.90 Å². The highest BCUT2D eigenvalue weighted by Crippen LogP contribution is 2.40. The van der Waals surface area contributed by atoms with Crippen LogP contribution in [-0.2, 0) is 4.79 Å². The lowest BCUT2D eigenvalue weighted by molar-refractivity contribution is -0.132. The Balaban J connectivity index is 1.65. The Morgan fingerprint density at radius 3 is 2.83 bits per heavy atom. The van der Waals surface area contributed by atoms with Gasteiger partial charge < -0.3 is 9.80 Å². The summed E-state index contributed by atoms with van der Waals surface area (Å²) in [5.74, 6) is 1.96. The smallest absolute Gasteiger partial charge is 0.227 e. The van der Waals surface area contributed by atoms with E-state index in [1.807, 2.05) is 14.1 Å². The number of rotatable bonds is 3. The molecular formula is C12H18N4OS. The number of carbonyl (C=O) groups is 1. The second-order valence-corrected chi connectivity index (χ2v) is 6.10. The lowest BCUT2D eigenvalue weighted by Gasteiger charge is -2.17. The van der Waals surface area contributed by atoms with Crippen molar-refractivity contribution in [1.29, 1.82) is 0 Å². The van der Waals surface area contributed by atoms with Crippen LogP contribution in [0.1, 0.15) is 31.0 Å². The summed E-state index contributed by atoms with van der Waals surface area (Å²) in [6.45, 7) is 1.71. The third-order valence-electron chi connectivity index (χ3n) is 3.62. The first-order valence-corrected chi connectivity index (χ1v) is 7.22. The third kappa shape index (κ3) is 2.21. The summed E-state index contributed by atoms with van der Waals surface area (Å²) < 4.78 is 4.42. The Kier molecular flexibility index (Phi) is 2.97. The molecule has 2 fully saturated rings. The van der Waals surface area contributed by atoms with Gasteiger partial charge in [0.25, 0.3) is 0 Å². The van der Waals surface area contributed by atoms with Crippen molar-refractivity contribution >= 4 is 22.6 Å². The highest BCUT2D eigenvalue weighted by molar-refractivity contribution is 7.09. The Morgan fingerprint density at radius 2 is 2.17 bits per heavy atom. The Morgan fingerprint density at radius 1 is 1.39 bits per heavy atom. The maximum Gasteiger partial charge on any atom is 0.227 e. The topological polar surface area (TPSA) is 49.3 Å². The van der Waals surface area contributed by atoms with Gasteiger partial charge >= 0.3 is 0 Å². The van der Waals surface area contributed by atoms with Crippen LogP contribution in [0.2, 0.25) is 0 Å². The molecule has 98 valence electrons. The largest absolute Gasteiger partial charge is 0.349 e. The molecule has 1 aromatic heterocycles. The average molecular weight is 266 g/mol. The van der Waals surface area contributed by atoms with Crippen molar-refractivity contribution in [2.75, 3.05) is 32.1 Å². The molecular weight excluding hydrogens is 248 g/mol. The molecule has 1 amide bonds. The van der Waals surface area contributed by atoms with Crippen LogP contribution in [0.4, 0.5) is 5.13 Å². The van der Waals surface area contributed by atoms with Crippen molar-refractivity contribution in [3.05, 3.63) is 5.82 Å². The number of hydrogen-bond acceptors (Lipinski definition) is 5. The summed E-state index contributed by atoms with van der Waals surface area (Å²) in [6, 6.07) is 0. The second kappa shape index (κ2) is 4.50. The van der Waals surface area contributed by atoms with Crippen LogP contribution >= 0.6 is 11.5 Å². The van der Waals surface area contributed by atoms with E-state index in [-0.39, 0.29) is 11.8 Å². The summed E-state index contributed by atoms with van der Waals surface area (Å²) in [6.07, 6.45) is 3.39. The molecule has 1 aliphatic heterocycles. The number of hydrogen-bond donors (Lipinski definition) is 0. The minimum absolute atomic E-state index is 0.119. The van der Waals surface area contributed by atoms with Gasteiger partial charge in [-0.3, -0.25) is 4.79 Å². The molecule has 5 nitrogen and oxygen atoms in total. The van der Waals surface area contributed by atoms with Gasteiger partial charge in [0.2, 0.25) is 11.0 Å². The van der Waals surface area contributed by atoms with Gasteiger partial charge in [-0.15, -0.1) is 0 Å². The van der Waals surface area contributed by atoms with Gasteiger partial charge in [-0.2, -0.15) is 4.37 Å². The molecule has 1 atom stereocenters. The van der Waals surface area contributed by atoms with E-state index in [0.29, 0.717) is 5.92 Å². The standard InChI is InChI=1S/C12H18N4OS/c1-15(2)11(17)9-5-6-16(7-9)12-13-10(14-18-12)8-3-4-8/h8-9H,3-7H2,1-2H3. The molecule has 0 radical (unpaired) electrons. The fraction of sp³-hybridized carbons (Fsp3) is 0.750. The fourth-order valence-electron chi connectivity index (χ4n) is 2.36. The molecule has 0 aromatic carbocycles. The quantitative estimate of drug-likeness (QED) is 0.828. The number of aromatic nitrogens is 2. The Labute approximate surface area is 111 Å². The van der Waals surface area contributed by atoms with Crippen molar-refractivity contribution in [2.45, 2.75) is 25.2 Å². The van der Waals surface area contributed by atoms with E-state index in [4.69, 9.17) is 0 Å². The minimum atomic E-state index is 0.119. The second-order valence-electron chi connectivity index (χ2n) is 5.37. The normalized spacial score (nSPS) is 23.4.